The van der Waals surface area contributed by atoms with Gasteiger partial charge in [-0.1, -0.05) is 6.07 Å². The Kier molecular flexibility index (Phi) is 6.17. The van der Waals surface area contributed by atoms with E-state index >= 15 is 0 Å². The average molecular weight is 443 g/mol. The molecule has 0 aliphatic carbocycles. The van der Waals surface area contributed by atoms with Gasteiger partial charge in [-0.05, 0) is 67.9 Å². The third-order valence-corrected chi connectivity index (χ3v) is 4.74. The predicted molar refractivity (Wildman–Crippen MR) is 122 cm³/mol. The van der Waals surface area contributed by atoms with Gasteiger partial charge in [0.15, 0.2) is 0 Å². The fourth-order valence-corrected chi connectivity index (χ4v) is 3.08. The first-order valence-electron chi connectivity index (χ1n) is 10.3. The Balaban J connectivity index is 1.77. The molecule has 4 aromatic rings. The first-order chi connectivity index (χ1) is 15.9. The number of esters is 1. The summed E-state index contributed by atoms with van der Waals surface area (Å²) in [5, 5.41) is 13.2. The number of aryl methyl sites for hydroxylation is 1. The molecule has 0 fully saturated rings. The zero-order valence-corrected chi connectivity index (χ0v) is 18.0. The number of benzene rings is 2. The SMILES string of the molecule is CCOC(=O)c1ccc(N=c2oc3cc(O)ccc3cc2C(=O)Nc2ccc(C)cn2)cc1. The van der Waals surface area contributed by atoms with Gasteiger partial charge in [-0.15, -0.1) is 0 Å². The van der Waals surface area contributed by atoms with Crippen LogP contribution in [0.5, 0.6) is 5.75 Å². The Morgan fingerprint density at radius 2 is 1.88 bits per heavy atom. The summed E-state index contributed by atoms with van der Waals surface area (Å²) in [5.74, 6) is -0.467. The van der Waals surface area contributed by atoms with Gasteiger partial charge in [0.2, 0.25) is 5.55 Å². The van der Waals surface area contributed by atoms with Crippen molar-refractivity contribution in [2.45, 2.75) is 13.8 Å². The second-order valence-corrected chi connectivity index (χ2v) is 7.24. The van der Waals surface area contributed by atoms with Crippen LogP contribution in [0.25, 0.3) is 11.0 Å². The van der Waals surface area contributed by atoms with Crippen molar-refractivity contribution in [3.05, 3.63) is 89.1 Å². The molecule has 8 heteroatoms. The Labute approximate surface area is 189 Å². The van der Waals surface area contributed by atoms with Crippen LogP contribution in [0.1, 0.15) is 33.2 Å². The second kappa shape index (κ2) is 9.35. The van der Waals surface area contributed by atoms with Crippen LogP contribution >= 0.6 is 0 Å². The molecular weight excluding hydrogens is 422 g/mol. The lowest BCUT2D eigenvalue weighted by Crippen LogP contribution is -2.22. The van der Waals surface area contributed by atoms with Crippen molar-refractivity contribution < 1.29 is 23.8 Å². The van der Waals surface area contributed by atoms with Crippen LogP contribution in [0.15, 0.2) is 76.3 Å². The van der Waals surface area contributed by atoms with Crippen LogP contribution in [0.2, 0.25) is 0 Å². The van der Waals surface area contributed by atoms with Gasteiger partial charge >= 0.3 is 5.97 Å². The van der Waals surface area contributed by atoms with E-state index < -0.39 is 11.9 Å². The van der Waals surface area contributed by atoms with E-state index in [1.807, 2.05) is 13.0 Å². The van der Waals surface area contributed by atoms with E-state index in [1.165, 1.54) is 12.1 Å². The summed E-state index contributed by atoms with van der Waals surface area (Å²) in [6, 6.07) is 16.2. The monoisotopic (exact) mass is 443 g/mol. The summed E-state index contributed by atoms with van der Waals surface area (Å²) < 4.78 is 10.9. The second-order valence-electron chi connectivity index (χ2n) is 7.24. The highest BCUT2D eigenvalue weighted by Gasteiger charge is 2.14. The highest BCUT2D eigenvalue weighted by Crippen LogP contribution is 2.21. The summed E-state index contributed by atoms with van der Waals surface area (Å²) >= 11 is 0. The van der Waals surface area contributed by atoms with Gasteiger partial charge in [-0.25, -0.2) is 14.8 Å². The number of aromatic hydroxyl groups is 1. The lowest BCUT2D eigenvalue weighted by molar-refractivity contribution is 0.0526. The van der Waals surface area contributed by atoms with Gasteiger partial charge in [-0.2, -0.15) is 0 Å². The number of phenolic OH excluding ortho intramolecular Hbond substituents is 1. The Morgan fingerprint density at radius 3 is 2.58 bits per heavy atom. The number of carbonyl (C=O) groups is 2. The van der Waals surface area contributed by atoms with Crippen molar-refractivity contribution >= 4 is 34.4 Å². The predicted octanol–water partition coefficient (Wildman–Crippen LogP) is 4.50. The number of pyridine rings is 1. The Bertz CT molecular complexity index is 1390. The highest BCUT2D eigenvalue weighted by atomic mass is 16.5. The normalized spacial score (nSPS) is 11.4. The van der Waals surface area contributed by atoms with Crippen molar-refractivity contribution in [3.63, 3.8) is 0 Å². The van der Waals surface area contributed by atoms with Gasteiger partial charge in [0.25, 0.3) is 5.91 Å². The molecule has 2 aromatic carbocycles. The molecule has 0 radical (unpaired) electrons. The lowest BCUT2D eigenvalue weighted by Gasteiger charge is -2.07. The molecule has 33 heavy (non-hydrogen) atoms. The number of hydrogen-bond acceptors (Lipinski definition) is 7. The number of ether oxygens (including phenoxy) is 1. The number of amides is 1. The van der Waals surface area contributed by atoms with Crippen molar-refractivity contribution in [3.8, 4) is 5.75 Å². The third kappa shape index (κ3) is 5.07. The van der Waals surface area contributed by atoms with Gasteiger partial charge in [-0.3, -0.25) is 4.79 Å². The number of hydrogen-bond donors (Lipinski definition) is 2. The maximum Gasteiger partial charge on any atom is 0.338 e. The lowest BCUT2D eigenvalue weighted by atomic mass is 10.1. The molecule has 0 atom stereocenters. The molecule has 2 N–H and O–H groups in total. The van der Waals surface area contributed by atoms with Gasteiger partial charge in [0, 0.05) is 17.6 Å². The number of nitrogens with zero attached hydrogens (tertiary/aromatic N) is 2. The van der Waals surface area contributed by atoms with Crippen molar-refractivity contribution in [2.24, 2.45) is 4.99 Å². The Morgan fingerprint density at radius 1 is 1.09 bits per heavy atom. The van der Waals surface area contributed by atoms with E-state index in [2.05, 4.69) is 15.3 Å². The van der Waals surface area contributed by atoms with Gasteiger partial charge in [0.1, 0.15) is 22.7 Å². The molecule has 0 saturated heterocycles. The Hall–Kier alpha value is -4.46. The number of fused-ring (bicyclic) bond motifs is 1. The molecular formula is C25H21N3O5. The van der Waals surface area contributed by atoms with Gasteiger partial charge in [0.05, 0.1) is 17.9 Å². The smallest absolute Gasteiger partial charge is 0.338 e. The summed E-state index contributed by atoms with van der Waals surface area (Å²) in [4.78, 5) is 33.6. The molecule has 0 bridgehead atoms. The number of carbonyl (C=O) groups excluding carboxylic acids is 2. The molecule has 2 aromatic heterocycles. The van der Waals surface area contributed by atoms with Crippen LogP contribution < -0.4 is 10.9 Å². The minimum Gasteiger partial charge on any atom is -0.508 e. The number of aromatic nitrogens is 1. The number of rotatable bonds is 5. The first kappa shape index (κ1) is 21.8. The minimum absolute atomic E-state index is 0.0250. The molecule has 166 valence electrons. The van der Waals surface area contributed by atoms with Crippen molar-refractivity contribution in [1.82, 2.24) is 4.98 Å². The van der Waals surface area contributed by atoms with Crippen LogP contribution in [0.3, 0.4) is 0 Å². The standard InChI is InChI=1S/C25H21N3O5/c1-3-32-25(31)16-5-8-18(9-6-16)27-24-20(12-17-7-10-19(29)13-21(17)33-24)23(30)28-22-11-4-15(2)14-26-22/h4-14,29H,3H2,1-2H3,(H,26,28,30). The molecule has 4 rings (SSSR count). The first-order valence-corrected chi connectivity index (χ1v) is 10.3. The van der Waals surface area contributed by atoms with Gasteiger partial charge < -0.3 is 19.6 Å². The van der Waals surface area contributed by atoms with E-state index in [0.717, 1.165) is 5.56 Å². The highest BCUT2D eigenvalue weighted by molar-refractivity contribution is 6.05. The number of nitrogens with one attached hydrogen (secondary N) is 1. The largest absolute Gasteiger partial charge is 0.508 e. The fraction of sp³-hybridized carbons (Fsp3) is 0.120. The minimum atomic E-state index is -0.452. The van der Waals surface area contributed by atoms with E-state index in [4.69, 9.17) is 9.15 Å². The van der Waals surface area contributed by atoms with Crippen molar-refractivity contribution in [2.75, 3.05) is 11.9 Å². The van der Waals surface area contributed by atoms with Crippen LogP contribution in [-0.4, -0.2) is 28.6 Å². The van der Waals surface area contributed by atoms with E-state index in [0.29, 0.717) is 28.0 Å². The summed E-state index contributed by atoms with van der Waals surface area (Å²) in [5.41, 5.74) is 2.41. The van der Waals surface area contributed by atoms with E-state index in [9.17, 15) is 14.7 Å². The number of phenols is 1. The summed E-state index contributed by atoms with van der Waals surface area (Å²) in [6.45, 7) is 3.92. The number of anilines is 1. The molecule has 2 heterocycles. The van der Waals surface area contributed by atoms with Crippen LogP contribution in [0, 0.1) is 6.92 Å². The van der Waals surface area contributed by atoms with Crippen molar-refractivity contribution in [1.29, 1.82) is 0 Å². The molecule has 0 aliphatic heterocycles. The maximum absolute atomic E-state index is 13.1. The third-order valence-electron chi connectivity index (χ3n) is 4.74. The topological polar surface area (TPSA) is 114 Å². The van der Waals surface area contributed by atoms with E-state index in [1.54, 1.807) is 55.6 Å². The molecule has 0 aliphatic rings. The molecule has 1 amide bonds. The molecule has 0 spiro atoms. The zero-order valence-electron chi connectivity index (χ0n) is 18.0. The van der Waals surface area contributed by atoms with E-state index in [-0.39, 0.29) is 23.5 Å². The summed E-state index contributed by atoms with van der Waals surface area (Å²) in [7, 11) is 0. The van der Waals surface area contributed by atoms with Crippen LogP contribution in [-0.2, 0) is 4.74 Å². The fourth-order valence-electron chi connectivity index (χ4n) is 3.08. The molecule has 8 nitrogen and oxygen atoms in total. The molecule has 0 unspecified atom stereocenters. The average Bonchev–Trinajstić information content (AvgIpc) is 2.80. The quantitative estimate of drug-likeness (QED) is 0.439. The zero-order chi connectivity index (χ0) is 23.4. The molecule has 0 saturated carbocycles. The van der Waals surface area contributed by atoms with Crippen LogP contribution in [0.4, 0.5) is 11.5 Å². The summed E-state index contributed by atoms with van der Waals surface area (Å²) in [6.07, 6.45) is 1.65. The maximum atomic E-state index is 13.1.